The Morgan fingerprint density at radius 3 is 1.56 bits per heavy atom. The minimum atomic E-state index is 0.982. The van der Waals surface area contributed by atoms with Crippen molar-refractivity contribution in [3.63, 3.8) is 0 Å². The van der Waals surface area contributed by atoms with Crippen molar-refractivity contribution in [1.82, 2.24) is 19.3 Å². The van der Waals surface area contributed by atoms with Gasteiger partial charge in [0.2, 0.25) is 0 Å². The molecule has 0 aliphatic carbocycles. The summed E-state index contributed by atoms with van der Waals surface area (Å²) in [5, 5.41) is 0. The summed E-state index contributed by atoms with van der Waals surface area (Å²) < 4.78 is 4.01. The molecule has 4 heteroatoms. The van der Waals surface area contributed by atoms with Crippen molar-refractivity contribution in [1.29, 1.82) is 0 Å². The fraction of sp³-hybridized carbons (Fsp3) is 0. The monoisotopic (exact) mass is 234 g/mol. The number of aromatic nitrogens is 4. The zero-order valence-electron chi connectivity index (χ0n) is 9.56. The third-order valence-electron chi connectivity index (χ3n) is 3.10. The van der Waals surface area contributed by atoms with Crippen molar-refractivity contribution in [2.24, 2.45) is 0 Å². The molecular weight excluding hydrogens is 224 g/mol. The lowest BCUT2D eigenvalue weighted by Gasteiger charge is -2.05. The zero-order valence-corrected chi connectivity index (χ0v) is 9.56. The molecule has 0 atom stereocenters. The average Bonchev–Trinajstić information content (AvgIpc) is 3.01. The van der Waals surface area contributed by atoms with Crippen LogP contribution >= 0.6 is 0 Å². The van der Waals surface area contributed by atoms with E-state index in [2.05, 4.69) is 22.1 Å². The molecule has 0 aliphatic heterocycles. The molecule has 0 bridgehead atoms. The highest BCUT2D eigenvalue weighted by atomic mass is 15.5. The molecule has 2 heterocycles. The summed E-state index contributed by atoms with van der Waals surface area (Å²) in [6.45, 7) is 0. The maximum absolute atomic E-state index is 4.40. The summed E-state index contributed by atoms with van der Waals surface area (Å²) in [7, 11) is 0. The molecule has 4 aromatic rings. The summed E-state index contributed by atoms with van der Waals surface area (Å²) in [5.74, 6) is 0. The van der Waals surface area contributed by atoms with Crippen LogP contribution in [0, 0.1) is 0 Å². The van der Waals surface area contributed by atoms with Crippen LogP contribution in [0.3, 0.4) is 0 Å². The first-order valence-electron chi connectivity index (χ1n) is 5.78. The minimum absolute atomic E-state index is 0.982. The van der Waals surface area contributed by atoms with Gasteiger partial charge in [0.1, 0.15) is 12.7 Å². The first-order valence-corrected chi connectivity index (χ1v) is 5.78. The molecule has 0 fully saturated rings. The lowest BCUT2D eigenvalue weighted by Crippen LogP contribution is -2.05. The van der Waals surface area contributed by atoms with Gasteiger partial charge >= 0.3 is 0 Å². The second-order valence-electron chi connectivity index (χ2n) is 4.16. The van der Waals surface area contributed by atoms with Crippen LogP contribution in [0.4, 0.5) is 0 Å². The number of hydrogen-bond donors (Lipinski definition) is 0. The quantitative estimate of drug-likeness (QED) is 0.507. The summed E-state index contributed by atoms with van der Waals surface area (Å²) >= 11 is 0. The lowest BCUT2D eigenvalue weighted by atomic mass is 10.3. The summed E-state index contributed by atoms with van der Waals surface area (Å²) in [6.07, 6.45) is 3.64. The first kappa shape index (κ1) is 9.41. The summed E-state index contributed by atoms with van der Waals surface area (Å²) in [5.41, 5.74) is 4.10. The molecule has 0 saturated heterocycles. The molecule has 4 rings (SSSR count). The van der Waals surface area contributed by atoms with Gasteiger partial charge in [-0.05, 0) is 24.3 Å². The van der Waals surface area contributed by atoms with Crippen LogP contribution in [-0.2, 0) is 0 Å². The zero-order chi connectivity index (χ0) is 11.9. The highest BCUT2D eigenvalue weighted by Crippen LogP contribution is 2.17. The van der Waals surface area contributed by atoms with Crippen LogP contribution < -0.4 is 0 Å². The molecule has 4 nitrogen and oxygen atoms in total. The highest BCUT2D eigenvalue weighted by molar-refractivity contribution is 5.78. The SMILES string of the molecule is c1ccc2c(c1)ncn2-n1cnc2ccccc21. The molecule has 0 radical (unpaired) electrons. The summed E-state index contributed by atoms with van der Waals surface area (Å²) in [4.78, 5) is 8.79. The fourth-order valence-electron chi connectivity index (χ4n) is 2.24. The van der Waals surface area contributed by atoms with Gasteiger partial charge in [-0.25, -0.2) is 19.3 Å². The lowest BCUT2D eigenvalue weighted by molar-refractivity contribution is 0.702. The standard InChI is InChI=1S/C14H10N4/c1-3-7-13-11(5-1)15-9-17(13)18-10-16-12-6-2-4-8-14(12)18/h1-10H. The van der Waals surface area contributed by atoms with Crippen molar-refractivity contribution in [2.75, 3.05) is 0 Å². The van der Waals surface area contributed by atoms with E-state index in [9.17, 15) is 0 Å². The van der Waals surface area contributed by atoms with Crippen LogP contribution in [0.15, 0.2) is 61.2 Å². The van der Waals surface area contributed by atoms with E-state index in [1.54, 1.807) is 0 Å². The van der Waals surface area contributed by atoms with Gasteiger partial charge in [-0.1, -0.05) is 24.3 Å². The van der Waals surface area contributed by atoms with Crippen molar-refractivity contribution in [3.8, 4) is 0 Å². The van der Waals surface area contributed by atoms with Crippen LogP contribution in [0.1, 0.15) is 0 Å². The molecule has 2 aromatic carbocycles. The van der Waals surface area contributed by atoms with E-state index in [0.29, 0.717) is 0 Å². The van der Waals surface area contributed by atoms with Crippen molar-refractivity contribution >= 4 is 22.1 Å². The van der Waals surface area contributed by atoms with Crippen molar-refractivity contribution < 1.29 is 0 Å². The molecular formula is C14H10N4. The Morgan fingerprint density at radius 1 is 0.611 bits per heavy atom. The number of rotatable bonds is 1. The van der Waals surface area contributed by atoms with E-state index < -0.39 is 0 Å². The van der Waals surface area contributed by atoms with E-state index in [-0.39, 0.29) is 0 Å². The largest absolute Gasteiger partial charge is 0.235 e. The Bertz CT molecular complexity index is 769. The Kier molecular flexibility index (Phi) is 1.80. The number of imidazole rings is 2. The average molecular weight is 234 g/mol. The molecule has 2 aromatic heterocycles. The Labute approximate surface area is 103 Å². The van der Waals surface area contributed by atoms with Crippen LogP contribution in [0.5, 0.6) is 0 Å². The van der Waals surface area contributed by atoms with Gasteiger partial charge in [0.15, 0.2) is 0 Å². The molecule has 0 N–H and O–H groups in total. The minimum Gasteiger partial charge on any atom is -0.235 e. The van der Waals surface area contributed by atoms with E-state index in [1.807, 2.05) is 58.4 Å². The predicted octanol–water partition coefficient (Wildman–Crippen LogP) is 2.70. The van der Waals surface area contributed by atoms with Crippen molar-refractivity contribution in [3.05, 3.63) is 61.2 Å². The topological polar surface area (TPSA) is 35.6 Å². The second-order valence-corrected chi connectivity index (χ2v) is 4.16. The molecule has 86 valence electrons. The first-order chi connectivity index (χ1) is 8.93. The number of benzene rings is 2. The number of nitrogens with zero attached hydrogens (tertiary/aromatic N) is 4. The Balaban J connectivity index is 2.08. The third kappa shape index (κ3) is 1.20. The maximum Gasteiger partial charge on any atom is 0.116 e. The molecule has 0 amide bonds. The van der Waals surface area contributed by atoms with Crippen LogP contribution in [0.2, 0.25) is 0 Å². The van der Waals surface area contributed by atoms with E-state index in [4.69, 9.17) is 0 Å². The van der Waals surface area contributed by atoms with E-state index >= 15 is 0 Å². The molecule has 18 heavy (non-hydrogen) atoms. The summed E-state index contributed by atoms with van der Waals surface area (Å²) in [6, 6.07) is 16.1. The third-order valence-corrected chi connectivity index (χ3v) is 3.10. The number of para-hydroxylation sites is 4. The van der Waals surface area contributed by atoms with Gasteiger partial charge in [-0.3, -0.25) is 0 Å². The van der Waals surface area contributed by atoms with Crippen LogP contribution in [-0.4, -0.2) is 19.3 Å². The smallest absolute Gasteiger partial charge is 0.116 e. The van der Waals surface area contributed by atoms with Gasteiger partial charge in [0, 0.05) is 0 Å². The predicted molar refractivity (Wildman–Crippen MR) is 70.3 cm³/mol. The number of hydrogen-bond acceptors (Lipinski definition) is 2. The van der Waals surface area contributed by atoms with Gasteiger partial charge in [0.25, 0.3) is 0 Å². The van der Waals surface area contributed by atoms with Crippen molar-refractivity contribution in [2.45, 2.75) is 0 Å². The van der Waals surface area contributed by atoms with Crippen LogP contribution in [0.25, 0.3) is 22.1 Å². The van der Waals surface area contributed by atoms with E-state index in [0.717, 1.165) is 22.1 Å². The molecule has 0 saturated carbocycles. The maximum atomic E-state index is 4.40. The van der Waals surface area contributed by atoms with Gasteiger partial charge in [-0.2, -0.15) is 0 Å². The molecule has 0 unspecified atom stereocenters. The Hall–Kier alpha value is -2.62. The molecule has 0 aliphatic rings. The normalized spacial score (nSPS) is 11.3. The fourth-order valence-corrected chi connectivity index (χ4v) is 2.24. The van der Waals surface area contributed by atoms with E-state index in [1.165, 1.54) is 0 Å². The highest BCUT2D eigenvalue weighted by Gasteiger charge is 2.06. The van der Waals surface area contributed by atoms with Gasteiger partial charge < -0.3 is 0 Å². The van der Waals surface area contributed by atoms with Gasteiger partial charge in [0.05, 0.1) is 22.1 Å². The number of fused-ring (bicyclic) bond motifs is 2. The molecule has 0 spiro atoms. The second kappa shape index (κ2) is 3.43. The Morgan fingerprint density at radius 2 is 1.06 bits per heavy atom. The van der Waals surface area contributed by atoms with Gasteiger partial charge in [-0.15, -0.1) is 0 Å².